The molecule has 0 amide bonds. The maximum Gasteiger partial charge on any atom is 0.0998 e. The van der Waals surface area contributed by atoms with Crippen molar-refractivity contribution >= 4 is 32.3 Å². The van der Waals surface area contributed by atoms with Gasteiger partial charge in [0.25, 0.3) is 0 Å². The first-order valence-electron chi connectivity index (χ1n) is 11.3. The van der Waals surface area contributed by atoms with Gasteiger partial charge >= 0.3 is 0 Å². The van der Waals surface area contributed by atoms with Crippen LogP contribution in [-0.2, 0) is 0 Å². The number of benzene rings is 6. The second kappa shape index (κ2) is 6.79. The largest absolute Gasteiger partial charge is 0.192 e. The summed E-state index contributed by atoms with van der Waals surface area (Å²) >= 11 is 0. The molecule has 6 aromatic carbocycles. The monoisotopic (exact) mass is 417 g/mol. The lowest BCUT2D eigenvalue weighted by Crippen LogP contribution is -2.00. The predicted molar refractivity (Wildman–Crippen MR) is 136 cm³/mol. The molecule has 33 heavy (non-hydrogen) atoms. The number of rotatable bonds is 1. The van der Waals surface area contributed by atoms with E-state index < -0.39 is 0 Å². The minimum Gasteiger partial charge on any atom is -0.192 e. The van der Waals surface area contributed by atoms with Crippen molar-refractivity contribution in [3.8, 4) is 17.2 Å². The number of nitriles is 1. The minimum absolute atomic E-state index is 0.163. The lowest BCUT2D eigenvalue weighted by Gasteiger charge is -2.19. The van der Waals surface area contributed by atoms with Gasteiger partial charge in [-0.2, -0.15) is 5.26 Å². The van der Waals surface area contributed by atoms with Gasteiger partial charge in [-0.3, -0.25) is 0 Å². The third-order valence-corrected chi connectivity index (χ3v) is 7.14. The van der Waals surface area contributed by atoms with E-state index in [1.807, 2.05) is 6.07 Å². The average molecular weight is 418 g/mol. The molecule has 6 aromatic rings. The third kappa shape index (κ3) is 2.41. The molecule has 152 valence electrons. The molecular weight excluding hydrogens is 398 g/mol. The molecule has 1 unspecified atom stereocenters. The zero-order valence-electron chi connectivity index (χ0n) is 17.9. The first-order chi connectivity index (χ1) is 16.4. The standard InChI is InChI=1S/C32H19N/c33-19-22-18-21-12-4-5-13-23(21)30-29(22)25-15-7-8-16-26(25)31-28(20-10-2-1-3-11-20)24-14-6-9-17-27(24)32(30)31/h1-18,28H. The fourth-order valence-corrected chi connectivity index (χ4v) is 5.88. The molecule has 1 aliphatic rings. The van der Waals surface area contributed by atoms with Crippen molar-refractivity contribution < 1.29 is 0 Å². The van der Waals surface area contributed by atoms with Gasteiger partial charge in [0.15, 0.2) is 0 Å². The van der Waals surface area contributed by atoms with Crippen LogP contribution >= 0.6 is 0 Å². The van der Waals surface area contributed by atoms with Gasteiger partial charge in [-0.25, -0.2) is 0 Å². The molecule has 0 heterocycles. The molecule has 0 aliphatic heterocycles. The van der Waals surface area contributed by atoms with Crippen LogP contribution in [-0.4, -0.2) is 0 Å². The molecule has 7 rings (SSSR count). The Labute approximate surface area is 192 Å². The van der Waals surface area contributed by atoms with E-state index >= 15 is 0 Å². The van der Waals surface area contributed by atoms with Crippen LogP contribution in [0.2, 0.25) is 0 Å². The van der Waals surface area contributed by atoms with Crippen LogP contribution in [0.25, 0.3) is 43.4 Å². The molecule has 0 saturated heterocycles. The molecule has 0 spiro atoms. The van der Waals surface area contributed by atoms with E-state index in [9.17, 15) is 5.26 Å². The van der Waals surface area contributed by atoms with Crippen molar-refractivity contribution in [1.29, 1.82) is 5.26 Å². The molecule has 0 N–H and O–H groups in total. The van der Waals surface area contributed by atoms with Gasteiger partial charge in [0.1, 0.15) is 0 Å². The normalized spacial score (nSPS) is 14.3. The van der Waals surface area contributed by atoms with Crippen molar-refractivity contribution in [2.75, 3.05) is 0 Å². The van der Waals surface area contributed by atoms with Crippen LogP contribution in [0.5, 0.6) is 0 Å². The van der Waals surface area contributed by atoms with Gasteiger partial charge < -0.3 is 0 Å². The van der Waals surface area contributed by atoms with Crippen LogP contribution in [0.1, 0.15) is 28.2 Å². The number of nitrogens with zero attached hydrogens (tertiary/aromatic N) is 1. The fourth-order valence-electron chi connectivity index (χ4n) is 5.88. The van der Waals surface area contributed by atoms with E-state index in [0.717, 1.165) is 21.7 Å². The van der Waals surface area contributed by atoms with E-state index in [4.69, 9.17) is 0 Å². The van der Waals surface area contributed by atoms with Crippen LogP contribution in [0, 0.1) is 11.3 Å². The smallest absolute Gasteiger partial charge is 0.0998 e. The Kier molecular flexibility index (Phi) is 3.74. The Hall–Kier alpha value is -4.41. The fraction of sp³-hybridized carbons (Fsp3) is 0.0312. The van der Waals surface area contributed by atoms with E-state index in [0.29, 0.717) is 0 Å². The Morgan fingerprint density at radius 3 is 2.09 bits per heavy atom. The van der Waals surface area contributed by atoms with Gasteiger partial charge in [0.05, 0.1) is 11.6 Å². The van der Waals surface area contributed by atoms with Crippen molar-refractivity contribution in [3.63, 3.8) is 0 Å². The maximum atomic E-state index is 10.2. The number of hydrogen-bond donors (Lipinski definition) is 0. The second-order valence-electron chi connectivity index (χ2n) is 8.77. The molecule has 0 aromatic heterocycles. The molecule has 1 nitrogen and oxygen atoms in total. The summed E-state index contributed by atoms with van der Waals surface area (Å²) < 4.78 is 0. The summed E-state index contributed by atoms with van der Waals surface area (Å²) in [5.41, 5.74) is 7.28. The van der Waals surface area contributed by atoms with Crippen molar-refractivity contribution in [1.82, 2.24) is 0 Å². The van der Waals surface area contributed by atoms with Gasteiger partial charge in [0, 0.05) is 11.3 Å². The van der Waals surface area contributed by atoms with Gasteiger partial charge in [-0.05, 0) is 60.8 Å². The van der Waals surface area contributed by atoms with Crippen LogP contribution in [0.3, 0.4) is 0 Å². The molecule has 1 aliphatic carbocycles. The highest BCUT2D eigenvalue weighted by Crippen LogP contribution is 2.55. The maximum absolute atomic E-state index is 10.2. The number of hydrogen-bond acceptors (Lipinski definition) is 1. The molecule has 0 fully saturated rings. The van der Waals surface area contributed by atoms with Gasteiger partial charge in [0.2, 0.25) is 0 Å². The third-order valence-electron chi connectivity index (χ3n) is 7.14. The molecule has 1 atom stereocenters. The molecule has 0 bridgehead atoms. The van der Waals surface area contributed by atoms with Crippen LogP contribution in [0.4, 0.5) is 0 Å². The van der Waals surface area contributed by atoms with E-state index in [2.05, 4.69) is 109 Å². The topological polar surface area (TPSA) is 23.8 Å². The van der Waals surface area contributed by atoms with Gasteiger partial charge in [-0.1, -0.05) is 103 Å². The highest BCUT2D eigenvalue weighted by Gasteiger charge is 2.34. The summed E-state index contributed by atoms with van der Waals surface area (Å²) in [7, 11) is 0. The summed E-state index contributed by atoms with van der Waals surface area (Å²) in [5, 5.41) is 17.1. The highest BCUT2D eigenvalue weighted by atomic mass is 14.4. The van der Waals surface area contributed by atoms with E-state index in [1.165, 1.54) is 44.0 Å². The summed E-state index contributed by atoms with van der Waals surface area (Å²) in [6.07, 6.45) is 0. The highest BCUT2D eigenvalue weighted by molar-refractivity contribution is 6.27. The van der Waals surface area contributed by atoms with E-state index in [-0.39, 0.29) is 5.92 Å². The van der Waals surface area contributed by atoms with Crippen LogP contribution < -0.4 is 0 Å². The molecular formula is C32H19N. The first-order valence-corrected chi connectivity index (χ1v) is 11.3. The number of fused-ring (bicyclic) bond motifs is 10. The lowest BCUT2D eigenvalue weighted by atomic mass is 9.83. The van der Waals surface area contributed by atoms with Crippen LogP contribution in [0.15, 0.2) is 109 Å². The summed E-state index contributed by atoms with van der Waals surface area (Å²) in [6.45, 7) is 0. The van der Waals surface area contributed by atoms with Crippen molar-refractivity contribution in [3.05, 3.63) is 131 Å². The van der Waals surface area contributed by atoms with E-state index in [1.54, 1.807) is 0 Å². The second-order valence-corrected chi connectivity index (χ2v) is 8.77. The zero-order valence-corrected chi connectivity index (χ0v) is 17.9. The van der Waals surface area contributed by atoms with Crippen molar-refractivity contribution in [2.24, 2.45) is 0 Å². The Balaban J connectivity index is 1.81. The quantitative estimate of drug-likeness (QED) is 0.247. The Morgan fingerprint density at radius 2 is 1.27 bits per heavy atom. The summed E-state index contributed by atoms with van der Waals surface area (Å²) in [6, 6.07) is 41.2. The molecule has 0 radical (unpaired) electrons. The Bertz CT molecular complexity index is 1770. The van der Waals surface area contributed by atoms with Gasteiger partial charge in [-0.15, -0.1) is 0 Å². The van der Waals surface area contributed by atoms with Crippen molar-refractivity contribution in [2.45, 2.75) is 5.92 Å². The molecule has 1 heteroatoms. The first kappa shape index (κ1) is 18.2. The minimum atomic E-state index is 0.163. The lowest BCUT2D eigenvalue weighted by molar-refractivity contribution is 1.03. The Morgan fingerprint density at radius 1 is 0.606 bits per heavy atom. The predicted octanol–water partition coefficient (Wildman–Crippen LogP) is 8.18. The summed E-state index contributed by atoms with van der Waals surface area (Å²) in [5.74, 6) is 0.163. The summed E-state index contributed by atoms with van der Waals surface area (Å²) in [4.78, 5) is 0. The molecule has 0 saturated carbocycles. The SMILES string of the molecule is N#Cc1cc2ccccc2c2c3c(c4ccccc4c12)C(c1ccccc1)c1ccccc1-3. The average Bonchev–Trinajstić information content (AvgIpc) is 3.24. The zero-order chi connectivity index (χ0) is 21.9.